The Hall–Kier alpha value is -3.49. The average Bonchev–Trinajstić information content (AvgIpc) is 3.25. The molecule has 1 atom stereocenters. The van der Waals surface area contributed by atoms with E-state index in [4.69, 9.17) is 11.6 Å². The number of rotatable bonds is 5. The lowest BCUT2D eigenvalue weighted by Gasteiger charge is -2.26. The van der Waals surface area contributed by atoms with Gasteiger partial charge in [0.15, 0.2) is 0 Å². The van der Waals surface area contributed by atoms with Gasteiger partial charge in [-0.1, -0.05) is 23.7 Å². The molecule has 1 aromatic carbocycles. The molecule has 1 aliphatic heterocycles. The lowest BCUT2D eigenvalue weighted by molar-refractivity contribution is -0.108. The van der Waals surface area contributed by atoms with Crippen molar-refractivity contribution < 1.29 is 4.79 Å². The number of aldehydes is 1. The van der Waals surface area contributed by atoms with Gasteiger partial charge in [-0.2, -0.15) is 0 Å². The van der Waals surface area contributed by atoms with E-state index >= 15 is 0 Å². The second-order valence-corrected chi connectivity index (χ2v) is 8.20. The minimum absolute atomic E-state index is 0.0202. The monoisotopic (exact) mass is 464 g/mol. The molecule has 0 fully saturated rings. The molecule has 0 aliphatic carbocycles. The van der Waals surface area contributed by atoms with Crippen molar-refractivity contribution in [1.82, 2.24) is 24.8 Å². The van der Waals surface area contributed by atoms with Crippen molar-refractivity contribution in [3.05, 3.63) is 87.4 Å². The van der Waals surface area contributed by atoms with Crippen LogP contribution in [0.1, 0.15) is 29.4 Å². The van der Waals surface area contributed by atoms with Crippen molar-refractivity contribution in [2.24, 2.45) is 0 Å². The molecule has 8 nitrogen and oxygen atoms in total. The van der Waals surface area contributed by atoms with Gasteiger partial charge in [0, 0.05) is 40.6 Å². The van der Waals surface area contributed by atoms with E-state index in [9.17, 15) is 9.59 Å². The van der Waals surface area contributed by atoms with Crippen LogP contribution in [0.2, 0.25) is 5.02 Å². The third kappa shape index (κ3) is 5.30. The Labute approximate surface area is 196 Å². The zero-order chi connectivity index (χ0) is 23.2. The quantitative estimate of drug-likeness (QED) is 0.390. The molecular formula is C24H25ClN6O2. The molecule has 1 aliphatic rings. The van der Waals surface area contributed by atoms with Crippen LogP contribution in [0.3, 0.4) is 0 Å². The van der Waals surface area contributed by atoms with E-state index in [1.54, 1.807) is 6.20 Å². The van der Waals surface area contributed by atoms with Crippen molar-refractivity contribution in [2.45, 2.75) is 32.0 Å². The Morgan fingerprint density at radius 2 is 2.09 bits per heavy atom. The fourth-order valence-corrected chi connectivity index (χ4v) is 3.98. The Kier molecular flexibility index (Phi) is 7.16. The highest BCUT2D eigenvalue weighted by molar-refractivity contribution is 6.30. The molecule has 0 bridgehead atoms. The lowest BCUT2D eigenvalue weighted by Crippen LogP contribution is -2.31. The smallest absolute Gasteiger partial charge is 0.277 e. The van der Waals surface area contributed by atoms with Crippen LogP contribution in [0.5, 0.6) is 0 Å². The number of benzene rings is 1. The molecule has 1 unspecified atom stereocenters. The highest BCUT2D eigenvalue weighted by Gasteiger charge is 2.23. The number of anilines is 1. The normalized spacial score (nSPS) is 14.7. The summed E-state index contributed by atoms with van der Waals surface area (Å²) in [4.78, 5) is 34.5. The standard InChI is InChI=1S/C15H14ClN3O2.C9H11N3/c16-11-3-1-10(2-4-11)12-5-6-13-14(18-12)15(21)19(7-8-20)9-17-13;1-10-6-8-4-7-5-11-3-2-9(7)12-8/h1-4,8-9,12,18H,5-7H2;2-5,10,12H,6H2,1H3. The molecular weight excluding hydrogens is 440 g/mol. The Balaban J connectivity index is 0.000000183. The molecule has 33 heavy (non-hydrogen) atoms. The minimum Gasteiger partial charge on any atom is -0.372 e. The molecule has 170 valence electrons. The highest BCUT2D eigenvalue weighted by Crippen LogP contribution is 2.29. The van der Waals surface area contributed by atoms with Crippen molar-refractivity contribution in [3.63, 3.8) is 0 Å². The van der Waals surface area contributed by atoms with Crippen LogP contribution in [-0.2, 0) is 24.3 Å². The van der Waals surface area contributed by atoms with Gasteiger partial charge in [-0.05, 0) is 49.7 Å². The molecule has 0 saturated heterocycles. The maximum atomic E-state index is 12.3. The number of carbonyl (C=O) groups excluding carboxylic acids is 1. The summed E-state index contributed by atoms with van der Waals surface area (Å²) in [7, 11) is 1.93. The number of aryl methyl sites for hydroxylation is 1. The number of nitrogens with one attached hydrogen (secondary N) is 3. The van der Waals surface area contributed by atoms with Gasteiger partial charge in [0.2, 0.25) is 0 Å². The van der Waals surface area contributed by atoms with Crippen LogP contribution in [0.25, 0.3) is 10.9 Å². The third-order valence-corrected chi connectivity index (χ3v) is 5.74. The number of hydrogen-bond acceptors (Lipinski definition) is 6. The summed E-state index contributed by atoms with van der Waals surface area (Å²) < 4.78 is 1.31. The number of aromatic nitrogens is 4. The summed E-state index contributed by atoms with van der Waals surface area (Å²) in [6.07, 6.45) is 7.37. The molecule has 0 amide bonds. The van der Waals surface area contributed by atoms with Gasteiger partial charge in [-0.3, -0.25) is 14.3 Å². The lowest BCUT2D eigenvalue weighted by atomic mass is 9.96. The van der Waals surface area contributed by atoms with Gasteiger partial charge in [0.05, 0.1) is 24.6 Å². The SMILES string of the molecule is CNCc1cc2cnccc2[nH]1.O=CCn1cnc2c(c1=O)NC(c1ccc(Cl)cc1)CC2. The zero-order valence-corrected chi connectivity index (χ0v) is 19.0. The van der Waals surface area contributed by atoms with E-state index in [0.29, 0.717) is 17.0 Å². The van der Waals surface area contributed by atoms with Gasteiger partial charge in [-0.15, -0.1) is 0 Å². The number of nitrogens with zero attached hydrogens (tertiary/aromatic N) is 3. The van der Waals surface area contributed by atoms with Crippen molar-refractivity contribution in [2.75, 3.05) is 12.4 Å². The summed E-state index contributed by atoms with van der Waals surface area (Å²) in [6, 6.07) is 11.7. The van der Waals surface area contributed by atoms with E-state index in [1.165, 1.54) is 22.0 Å². The topological polar surface area (TPSA) is 105 Å². The first-order chi connectivity index (χ1) is 16.1. The van der Waals surface area contributed by atoms with E-state index in [2.05, 4.69) is 31.7 Å². The zero-order valence-electron chi connectivity index (χ0n) is 18.2. The highest BCUT2D eigenvalue weighted by atomic mass is 35.5. The summed E-state index contributed by atoms with van der Waals surface area (Å²) in [5, 5.41) is 8.19. The van der Waals surface area contributed by atoms with Gasteiger partial charge in [-0.25, -0.2) is 4.98 Å². The van der Waals surface area contributed by atoms with E-state index in [1.807, 2.05) is 43.6 Å². The first-order valence-electron chi connectivity index (χ1n) is 10.7. The van der Waals surface area contributed by atoms with Crippen LogP contribution >= 0.6 is 11.6 Å². The number of fused-ring (bicyclic) bond motifs is 2. The van der Waals surface area contributed by atoms with Gasteiger partial charge < -0.3 is 20.4 Å². The van der Waals surface area contributed by atoms with Crippen LogP contribution in [-0.4, -0.2) is 32.9 Å². The Bertz CT molecular complexity index is 1270. The molecule has 0 radical (unpaired) electrons. The largest absolute Gasteiger partial charge is 0.372 e. The number of H-pyrrole nitrogens is 1. The molecule has 0 saturated carbocycles. The summed E-state index contributed by atoms with van der Waals surface area (Å²) in [5.74, 6) is 0. The van der Waals surface area contributed by atoms with Crippen LogP contribution in [0, 0.1) is 0 Å². The molecule has 3 aromatic heterocycles. The van der Waals surface area contributed by atoms with E-state index < -0.39 is 0 Å². The maximum absolute atomic E-state index is 12.3. The summed E-state index contributed by atoms with van der Waals surface area (Å²) in [5.41, 5.74) is 4.47. The maximum Gasteiger partial charge on any atom is 0.277 e. The molecule has 0 spiro atoms. The first kappa shape index (κ1) is 22.7. The van der Waals surface area contributed by atoms with Gasteiger partial charge in [0.1, 0.15) is 12.0 Å². The number of pyridine rings is 1. The molecule has 5 rings (SSSR count). The number of carbonyl (C=O) groups is 1. The van der Waals surface area contributed by atoms with Crippen molar-refractivity contribution in [1.29, 1.82) is 0 Å². The predicted molar refractivity (Wildman–Crippen MR) is 130 cm³/mol. The van der Waals surface area contributed by atoms with E-state index in [0.717, 1.165) is 36.2 Å². The number of hydrogen-bond donors (Lipinski definition) is 3. The fourth-order valence-electron chi connectivity index (χ4n) is 3.86. The molecule has 4 aromatic rings. The third-order valence-electron chi connectivity index (χ3n) is 5.49. The number of halogens is 1. The van der Waals surface area contributed by atoms with Crippen LogP contribution in [0.4, 0.5) is 5.69 Å². The van der Waals surface area contributed by atoms with Crippen molar-refractivity contribution >= 4 is 34.5 Å². The first-order valence-corrected chi connectivity index (χ1v) is 11.1. The second-order valence-electron chi connectivity index (χ2n) is 7.77. The summed E-state index contributed by atoms with van der Waals surface area (Å²) >= 11 is 5.90. The summed E-state index contributed by atoms with van der Waals surface area (Å²) in [6.45, 7) is 0.890. The van der Waals surface area contributed by atoms with Crippen LogP contribution < -0.4 is 16.2 Å². The minimum atomic E-state index is -0.203. The Morgan fingerprint density at radius 3 is 2.82 bits per heavy atom. The predicted octanol–water partition coefficient (Wildman–Crippen LogP) is 3.48. The van der Waals surface area contributed by atoms with Crippen LogP contribution in [0.15, 0.2) is 59.9 Å². The van der Waals surface area contributed by atoms with Crippen molar-refractivity contribution in [3.8, 4) is 0 Å². The Morgan fingerprint density at radius 1 is 1.27 bits per heavy atom. The van der Waals surface area contributed by atoms with Gasteiger partial charge in [0.25, 0.3) is 5.56 Å². The fraction of sp³-hybridized carbons (Fsp3) is 0.250. The second kappa shape index (κ2) is 10.4. The number of aromatic amines is 1. The molecule has 3 N–H and O–H groups in total. The molecule has 9 heteroatoms. The van der Waals surface area contributed by atoms with Gasteiger partial charge >= 0.3 is 0 Å². The van der Waals surface area contributed by atoms with E-state index in [-0.39, 0.29) is 18.1 Å². The molecule has 4 heterocycles. The average molecular weight is 465 g/mol.